The lowest BCUT2D eigenvalue weighted by molar-refractivity contribution is 0.660. The molecule has 2 aliphatic rings. The molecule has 0 fully saturated rings. The number of allylic oxidation sites excluding steroid dienone is 4. The van der Waals surface area contributed by atoms with Gasteiger partial charge in [0.25, 0.3) is 0 Å². The Morgan fingerprint density at radius 2 is 1.48 bits per heavy atom. The maximum atomic E-state index is 2.37. The second kappa shape index (κ2) is 6.77. The quantitative estimate of drug-likeness (QED) is 0.457. The van der Waals surface area contributed by atoms with Crippen LogP contribution in [-0.4, -0.2) is 7.05 Å². The van der Waals surface area contributed by atoms with Crippen LogP contribution in [0.2, 0.25) is 0 Å². The lowest BCUT2D eigenvalue weighted by Crippen LogP contribution is -2.16. The molecule has 1 nitrogen and oxygen atoms in total. The first-order valence-corrected chi connectivity index (χ1v) is 10.5. The minimum atomic E-state index is 0.0342. The average Bonchev–Trinajstić information content (AvgIpc) is 3.01. The number of fused-ring (bicyclic) bond motifs is 3. The number of hydrogen-bond donors (Lipinski definition) is 0. The van der Waals surface area contributed by atoms with Gasteiger partial charge < -0.3 is 4.90 Å². The summed E-state index contributed by atoms with van der Waals surface area (Å²) in [5.41, 5.74) is 10.7. The lowest BCUT2D eigenvalue weighted by atomic mass is 9.82. The highest BCUT2D eigenvalue weighted by molar-refractivity contribution is 5.83. The van der Waals surface area contributed by atoms with Gasteiger partial charge in [0.2, 0.25) is 0 Å². The molecule has 0 aromatic heterocycles. The lowest BCUT2D eigenvalue weighted by Gasteiger charge is -2.25. The van der Waals surface area contributed by atoms with Crippen molar-refractivity contribution in [3.8, 4) is 11.1 Å². The first-order valence-electron chi connectivity index (χ1n) is 10.5. The van der Waals surface area contributed by atoms with Gasteiger partial charge in [-0.1, -0.05) is 74.5 Å². The van der Waals surface area contributed by atoms with Crippen molar-refractivity contribution in [2.75, 3.05) is 11.9 Å². The molecule has 3 aromatic rings. The van der Waals surface area contributed by atoms with Crippen molar-refractivity contribution in [1.29, 1.82) is 0 Å². The van der Waals surface area contributed by atoms with Crippen molar-refractivity contribution < 1.29 is 0 Å². The van der Waals surface area contributed by atoms with E-state index in [0.29, 0.717) is 0 Å². The van der Waals surface area contributed by atoms with Crippen LogP contribution < -0.4 is 4.90 Å². The van der Waals surface area contributed by atoms with E-state index in [9.17, 15) is 0 Å². The third-order valence-electron chi connectivity index (χ3n) is 6.54. The zero-order chi connectivity index (χ0) is 20.0. The molecule has 0 heterocycles. The molecule has 0 N–H and O–H groups in total. The SMILES string of the molecule is CN(c1ccc(C2=CCCC=C2)cc1)c1ccc2c(c1)C(C)(C)c1ccccc1-2. The molecule has 1 heteroatoms. The third-order valence-corrected chi connectivity index (χ3v) is 6.54. The van der Waals surface area contributed by atoms with Crippen molar-refractivity contribution >= 4 is 16.9 Å². The highest BCUT2D eigenvalue weighted by atomic mass is 15.1. The highest BCUT2D eigenvalue weighted by Crippen LogP contribution is 2.49. The smallest absolute Gasteiger partial charge is 0.0411 e. The Kier molecular flexibility index (Phi) is 4.20. The minimum Gasteiger partial charge on any atom is -0.345 e. The second-order valence-corrected chi connectivity index (χ2v) is 8.65. The van der Waals surface area contributed by atoms with E-state index in [1.807, 2.05) is 0 Å². The van der Waals surface area contributed by atoms with E-state index >= 15 is 0 Å². The van der Waals surface area contributed by atoms with E-state index in [1.54, 1.807) is 0 Å². The summed E-state index contributed by atoms with van der Waals surface area (Å²) in [4.78, 5) is 2.29. The van der Waals surface area contributed by atoms with Crippen LogP contribution in [0.1, 0.15) is 43.4 Å². The zero-order valence-corrected chi connectivity index (χ0v) is 17.4. The van der Waals surface area contributed by atoms with Crippen LogP contribution in [0.3, 0.4) is 0 Å². The van der Waals surface area contributed by atoms with Crippen molar-refractivity contribution in [3.63, 3.8) is 0 Å². The summed E-state index contributed by atoms with van der Waals surface area (Å²) >= 11 is 0. The summed E-state index contributed by atoms with van der Waals surface area (Å²) < 4.78 is 0. The maximum Gasteiger partial charge on any atom is 0.0411 e. The van der Waals surface area contributed by atoms with Gasteiger partial charge in [-0.15, -0.1) is 0 Å². The first-order chi connectivity index (χ1) is 14.1. The summed E-state index contributed by atoms with van der Waals surface area (Å²) in [6, 6.07) is 24.7. The Balaban J connectivity index is 1.47. The largest absolute Gasteiger partial charge is 0.345 e. The van der Waals surface area contributed by atoms with Crippen molar-refractivity contribution in [2.45, 2.75) is 32.1 Å². The zero-order valence-electron chi connectivity index (χ0n) is 17.4. The molecular weight excluding hydrogens is 350 g/mol. The van der Waals surface area contributed by atoms with E-state index in [0.717, 1.165) is 12.8 Å². The van der Waals surface area contributed by atoms with Crippen molar-refractivity contribution in [3.05, 3.63) is 102 Å². The molecular formula is C28H27N. The highest BCUT2D eigenvalue weighted by Gasteiger charge is 2.35. The van der Waals surface area contributed by atoms with Gasteiger partial charge in [0, 0.05) is 23.8 Å². The Morgan fingerprint density at radius 1 is 0.759 bits per heavy atom. The van der Waals surface area contributed by atoms with Gasteiger partial charge in [0.1, 0.15) is 0 Å². The van der Waals surface area contributed by atoms with Crippen molar-refractivity contribution in [2.24, 2.45) is 0 Å². The summed E-state index contributed by atoms with van der Waals surface area (Å²) in [6.07, 6.45) is 9.13. The Hall–Kier alpha value is -3.06. The van der Waals surface area contributed by atoms with E-state index < -0.39 is 0 Å². The molecule has 5 rings (SSSR count). The molecule has 0 radical (unpaired) electrons. The summed E-state index contributed by atoms with van der Waals surface area (Å²) in [6.45, 7) is 4.67. The van der Waals surface area contributed by atoms with Crippen LogP contribution in [0.15, 0.2) is 85.0 Å². The molecule has 0 unspecified atom stereocenters. The number of nitrogens with zero attached hydrogens (tertiary/aromatic N) is 1. The monoisotopic (exact) mass is 377 g/mol. The first kappa shape index (κ1) is 18.0. The molecule has 0 saturated carbocycles. The predicted molar refractivity (Wildman–Crippen MR) is 125 cm³/mol. The Bertz CT molecular complexity index is 1130. The van der Waals surface area contributed by atoms with Gasteiger partial charge in [0.15, 0.2) is 0 Å². The summed E-state index contributed by atoms with van der Waals surface area (Å²) in [7, 11) is 2.16. The molecule has 0 spiro atoms. The van der Waals surface area contributed by atoms with E-state index in [2.05, 4.69) is 111 Å². The Morgan fingerprint density at radius 3 is 2.24 bits per heavy atom. The van der Waals surface area contributed by atoms with Crippen LogP contribution in [0, 0.1) is 0 Å². The molecule has 0 bridgehead atoms. The fourth-order valence-corrected chi connectivity index (χ4v) is 4.75. The molecule has 0 saturated heterocycles. The van der Waals surface area contributed by atoms with Gasteiger partial charge in [-0.3, -0.25) is 0 Å². The Labute approximate surface area is 174 Å². The van der Waals surface area contributed by atoms with Crippen LogP contribution in [0.4, 0.5) is 11.4 Å². The maximum absolute atomic E-state index is 2.37. The van der Waals surface area contributed by atoms with Crippen LogP contribution in [0.25, 0.3) is 16.7 Å². The molecule has 144 valence electrons. The summed E-state index contributed by atoms with van der Waals surface area (Å²) in [5.74, 6) is 0. The van der Waals surface area contributed by atoms with Gasteiger partial charge in [0.05, 0.1) is 0 Å². The number of rotatable bonds is 3. The number of benzene rings is 3. The topological polar surface area (TPSA) is 3.24 Å². The fraction of sp³-hybridized carbons (Fsp3) is 0.214. The van der Waals surface area contributed by atoms with Gasteiger partial charge in [-0.25, -0.2) is 0 Å². The predicted octanol–water partition coefficient (Wildman–Crippen LogP) is 7.49. The molecule has 0 amide bonds. The molecule has 0 aliphatic heterocycles. The van der Waals surface area contributed by atoms with Gasteiger partial charge in [-0.2, -0.15) is 0 Å². The molecule has 29 heavy (non-hydrogen) atoms. The number of anilines is 2. The van der Waals surface area contributed by atoms with E-state index in [1.165, 1.54) is 44.8 Å². The van der Waals surface area contributed by atoms with Gasteiger partial charge >= 0.3 is 0 Å². The summed E-state index contributed by atoms with van der Waals surface area (Å²) in [5, 5.41) is 0. The molecule has 0 atom stereocenters. The van der Waals surface area contributed by atoms with Crippen LogP contribution >= 0.6 is 0 Å². The fourth-order valence-electron chi connectivity index (χ4n) is 4.75. The third kappa shape index (κ3) is 2.93. The number of hydrogen-bond acceptors (Lipinski definition) is 1. The normalized spacial score (nSPS) is 16.2. The molecule has 3 aromatic carbocycles. The molecule has 2 aliphatic carbocycles. The van der Waals surface area contributed by atoms with Crippen LogP contribution in [-0.2, 0) is 5.41 Å². The van der Waals surface area contributed by atoms with E-state index in [-0.39, 0.29) is 5.41 Å². The second-order valence-electron chi connectivity index (χ2n) is 8.65. The standard InChI is InChI=1S/C28H27N/c1-28(2)26-12-8-7-11-24(26)25-18-17-23(19-27(25)28)29(3)22-15-13-21(14-16-22)20-9-5-4-6-10-20/h5,7-19H,4,6H2,1-3H3. The van der Waals surface area contributed by atoms with Crippen molar-refractivity contribution in [1.82, 2.24) is 0 Å². The van der Waals surface area contributed by atoms with Gasteiger partial charge in [-0.05, 0) is 70.5 Å². The average molecular weight is 378 g/mol. The minimum absolute atomic E-state index is 0.0342. The van der Waals surface area contributed by atoms with E-state index in [4.69, 9.17) is 0 Å². The van der Waals surface area contributed by atoms with Crippen LogP contribution in [0.5, 0.6) is 0 Å².